The van der Waals surface area contributed by atoms with Crippen LogP contribution in [-0.4, -0.2) is 28.8 Å². The molecule has 0 amide bonds. The van der Waals surface area contributed by atoms with E-state index in [1.165, 1.54) is 32.2 Å². The molecule has 0 aromatic carbocycles. The Kier molecular flexibility index (Phi) is 4.11. The Hall–Kier alpha value is 0.310. The fourth-order valence-corrected chi connectivity index (χ4v) is 3.30. The monoisotopic (exact) mass is 201 g/mol. The van der Waals surface area contributed by atoms with Crippen LogP contribution < -0.4 is 0 Å². The molecule has 2 saturated heterocycles. The molecule has 0 saturated carbocycles. The Bertz CT molecular complexity index is 160. The van der Waals surface area contributed by atoms with Crippen LogP contribution in [0.5, 0.6) is 0 Å². The van der Waals surface area contributed by atoms with Crippen molar-refractivity contribution in [3.05, 3.63) is 0 Å². The minimum absolute atomic E-state index is 0.516. The molecular weight excluding hydrogens is 178 g/mol. The molecule has 0 aromatic heterocycles. The van der Waals surface area contributed by atoms with Crippen molar-refractivity contribution < 1.29 is 0 Å². The van der Waals surface area contributed by atoms with Crippen LogP contribution in [0.2, 0.25) is 0 Å². The summed E-state index contributed by atoms with van der Waals surface area (Å²) >= 11 is 4.48. The molecular formula is C11H23NS. The minimum Gasteiger partial charge on any atom is -0.294 e. The predicted molar refractivity (Wildman–Crippen MR) is 62.6 cm³/mol. The molecule has 2 fully saturated rings. The number of nitrogens with zero attached hydrogens (tertiary/aromatic N) is 1. The van der Waals surface area contributed by atoms with E-state index in [2.05, 4.69) is 24.5 Å². The summed E-state index contributed by atoms with van der Waals surface area (Å²) in [5.41, 5.74) is 0.516. The molecule has 2 rings (SSSR count). The summed E-state index contributed by atoms with van der Waals surface area (Å²) in [6, 6.07) is 0.824. The molecule has 78 valence electrons. The third-order valence-corrected chi connectivity index (χ3v) is 4.09. The maximum Gasteiger partial charge on any atom is 0.0301 e. The fourth-order valence-electron chi connectivity index (χ4n) is 2.80. The van der Waals surface area contributed by atoms with Gasteiger partial charge >= 0.3 is 0 Å². The van der Waals surface area contributed by atoms with Gasteiger partial charge in [-0.05, 0) is 39.2 Å². The summed E-state index contributed by atoms with van der Waals surface area (Å²) in [6.07, 6.45) is 5.56. The summed E-state index contributed by atoms with van der Waals surface area (Å²) in [5.74, 6) is 1.07. The smallest absolute Gasteiger partial charge is 0.0301 e. The lowest BCUT2D eigenvalue weighted by Crippen LogP contribution is -2.42. The van der Waals surface area contributed by atoms with Crippen LogP contribution in [-0.2, 0) is 0 Å². The van der Waals surface area contributed by atoms with Crippen LogP contribution in [0.3, 0.4) is 0 Å². The quantitative estimate of drug-likeness (QED) is 0.638. The second-order valence-corrected chi connectivity index (χ2v) is 4.38. The molecule has 2 heteroatoms. The van der Waals surface area contributed by atoms with E-state index >= 15 is 0 Å². The maximum atomic E-state index is 4.48. The zero-order valence-corrected chi connectivity index (χ0v) is 10.1. The highest BCUT2D eigenvalue weighted by Crippen LogP contribution is 2.42. The summed E-state index contributed by atoms with van der Waals surface area (Å²) in [5, 5.41) is 0. The molecule has 0 aliphatic carbocycles. The Morgan fingerprint density at radius 1 is 1.38 bits per heavy atom. The molecule has 1 nitrogen and oxygen atoms in total. The molecule has 0 spiro atoms. The standard InChI is InChI=1S/C9H17NS.C2H6/c1-8-3-5-9(7-11)4-2-6-10(8)9;1-2/h8,11H,2-7H2,1H3;1-2H3. The van der Waals surface area contributed by atoms with Gasteiger partial charge in [-0.2, -0.15) is 12.6 Å². The zero-order valence-electron chi connectivity index (χ0n) is 9.21. The minimum atomic E-state index is 0.516. The topological polar surface area (TPSA) is 3.24 Å². The first-order chi connectivity index (χ1) is 6.28. The van der Waals surface area contributed by atoms with Crippen LogP contribution in [0, 0.1) is 0 Å². The maximum absolute atomic E-state index is 4.48. The van der Waals surface area contributed by atoms with Gasteiger partial charge in [-0.1, -0.05) is 13.8 Å². The molecule has 0 radical (unpaired) electrons. The summed E-state index contributed by atoms with van der Waals surface area (Å²) in [4.78, 5) is 2.68. The van der Waals surface area contributed by atoms with Gasteiger partial charge in [0.1, 0.15) is 0 Å². The molecule has 2 heterocycles. The van der Waals surface area contributed by atoms with Gasteiger partial charge < -0.3 is 0 Å². The Balaban J connectivity index is 0.000000396. The summed E-state index contributed by atoms with van der Waals surface area (Å²) in [7, 11) is 0. The first-order valence-electron chi connectivity index (χ1n) is 5.66. The molecule has 0 aromatic rings. The molecule has 2 unspecified atom stereocenters. The van der Waals surface area contributed by atoms with Crippen molar-refractivity contribution in [1.29, 1.82) is 0 Å². The van der Waals surface area contributed by atoms with Crippen LogP contribution >= 0.6 is 12.6 Å². The van der Waals surface area contributed by atoms with Gasteiger partial charge in [-0.25, -0.2) is 0 Å². The number of hydrogen-bond acceptors (Lipinski definition) is 2. The van der Waals surface area contributed by atoms with Gasteiger partial charge in [0, 0.05) is 17.3 Å². The summed E-state index contributed by atoms with van der Waals surface area (Å²) in [6.45, 7) is 7.68. The molecule has 13 heavy (non-hydrogen) atoms. The zero-order chi connectivity index (χ0) is 9.90. The number of hydrogen-bond donors (Lipinski definition) is 1. The fraction of sp³-hybridized carbons (Fsp3) is 1.00. The third kappa shape index (κ3) is 1.89. The van der Waals surface area contributed by atoms with Gasteiger partial charge in [0.05, 0.1) is 0 Å². The first-order valence-corrected chi connectivity index (χ1v) is 6.29. The van der Waals surface area contributed by atoms with Crippen LogP contribution in [0.15, 0.2) is 0 Å². The van der Waals surface area contributed by atoms with Crippen molar-refractivity contribution in [3.63, 3.8) is 0 Å². The van der Waals surface area contributed by atoms with Crippen molar-refractivity contribution in [3.8, 4) is 0 Å². The van der Waals surface area contributed by atoms with Crippen molar-refractivity contribution in [2.75, 3.05) is 12.3 Å². The van der Waals surface area contributed by atoms with Gasteiger partial charge in [0.25, 0.3) is 0 Å². The largest absolute Gasteiger partial charge is 0.294 e. The third-order valence-electron chi connectivity index (χ3n) is 3.50. The second-order valence-electron chi connectivity index (χ2n) is 4.07. The van der Waals surface area contributed by atoms with Gasteiger partial charge in [-0.15, -0.1) is 0 Å². The van der Waals surface area contributed by atoms with E-state index in [9.17, 15) is 0 Å². The average Bonchev–Trinajstić information content (AvgIpc) is 2.72. The Labute approximate surface area is 88.3 Å². The highest BCUT2D eigenvalue weighted by molar-refractivity contribution is 7.80. The van der Waals surface area contributed by atoms with Crippen LogP contribution in [0.1, 0.15) is 46.5 Å². The van der Waals surface area contributed by atoms with E-state index in [-0.39, 0.29) is 0 Å². The molecule has 0 N–H and O–H groups in total. The lowest BCUT2D eigenvalue weighted by Gasteiger charge is -2.32. The van der Waals surface area contributed by atoms with E-state index < -0.39 is 0 Å². The normalized spacial score (nSPS) is 38.3. The van der Waals surface area contributed by atoms with Crippen molar-refractivity contribution in [1.82, 2.24) is 4.90 Å². The van der Waals surface area contributed by atoms with Gasteiger partial charge in [0.2, 0.25) is 0 Å². The number of thiol groups is 1. The van der Waals surface area contributed by atoms with Crippen molar-refractivity contribution in [2.24, 2.45) is 0 Å². The van der Waals surface area contributed by atoms with E-state index in [0.717, 1.165) is 11.8 Å². The number of rotatable bonds is 1. The Morgan fingerprint density at radius 2 is 2.08 bits per heavy atom. The molecule has 2 aliphatic heterocycles. The van der Waals surface area contributed by atoms with E-state index in [4.69, 9.17) is 0 Å². The van der Waals surface area contributed by atoms with E-state index in [1.807, 2.05) is 13.8 Å². The first kappa shape index (κ1) is 11.4. The van der Waals surface area contributed by atoms with Gasteiger partial charge in [-0.3, -0.25) is 4.90 Å². The SMILES string of the molecule is CC.CC1CCC2(CS)CCCN12. The van der Waals surface area contributed by atoms with Crippen LogP contribution in [0.25, 0.3) is 0 Å². The lowest BCUT2D eigenvalue weighted by molar-refractivity contribution is 0.181. The molecule has 0 bridgehead atoms. The van der Waals surface area contributed by atoms with E-state index in [0.29, 0.717) is 5.54 Å². The summed E-state index contributed by atoms with van der Waals surface area (Å²) < 4.78 is 0. The van der Waals surface area contributed by atoms with Crippen LogP contribution in [0.4, 0.5) is 0 Å². The second kappa shape index (κ2) is 4.70. The van der Waals surface area contributed by atoms with Crippen molar-refractivity contribution in [2.45, 2.75) is 58.0 Å². The van der Waals surface area contributed by atoms with Gasteiger partial charge in [0.15, 0.2) is 0 Å². The highest BCUT2D eigenvalue weighted by atomic mass is 32.1. The van der Waals surface area contributed by atoms with Crippen molar-refractivity contribution >= 4 is 12.6 Å². The molecule has 2 atom stereocenters. The highest BCUT2D eigenvalue weighted by Gasteiger charge is 2.46. The Morgan fingerprint density at radius 3 is 2.62 bits per heavy atom. The van der Waals surface area contributed by atoms with E-state index in [1.54, 1.807) is 0 Å². The number of fused-ring (bicyclic) bond motifs is 1. The lowest BCUT2D eigenvalue weighted by atomic mass is 9.97. The average molecular weight is 201 g/mol. The molecule has 2 aliphatic rings. The predicted octanol–water partition coefficient (Wildman–Crippen LogP) is 2.96.